The van der Waals surface area contributed by atoms with Crippen molar-refractivity contribution in [2.24, 2.45) is 5.92 Å². The highest BCUT2D eigenvalue weighted by Crippen LogP contribution is 2.38. The molecule has 1 saturated heterocycles. The molecule has 3 nitrogen and oxygen atoms in total. The minimum Gasteiger partial charge on any atom is -0.353 e. The summed E-state index contributed by atoms with van der Waals surface area (Å²) < 4.78 is 0. The predicted octanol–water partition coefficient (Wildman–Crippen LogP) is 3.49. The van der Waals surface area contributed by atoms with Crippen molar-refractivity contribution in [3.8, 4) is 0 Å². The van der Waals surface area contributed by atoms with Gasteiger partial charge in [0, 0.05) is 36.9 Å². The first-order chi connectivity index (χ1) is 10.4. The Morgan fingerprint density at radius 3 is 2.86 bits per heavy atom. The van der Waals surface area contributed by atoms with Gasteiger partial charge < -0.3 is 10.2 Å². The SMILES string of the molecule is c1cnc(N2CCCC3CCCCC32)c(CNC2CC2)c1. The summed E-state index contributed by atoms with van der Waals surface area (Å²) in [6.45, 7) is 2.19. The monoisotopic (exact) mass is 285 g/mol. The molecule has 0 radical (unpaired) electrons. The fraction of sp³-hybridized carbons (Fsp3) is 0.722. The van der Waals surface area contributed by atoms with Crippen molar-refractivity contribution in [1.82, 2.24) is 10.3 Å². The molecule has 1 N–H and O–H groups in total. The van der Waals surface area contributed by atoms with Crippen LogP contribution in [0.2, 0.25) is 0 Å². The number of nitrogens with zero attached hydrogens (tertiary/aromatic N) is 2. The quantitative estimate of drug-likeness (QED) is 0.918. The summed E-state index contributed by atoms with van der Waals surface area (Å²) >= 11 is 0. The summed E-state index contributed by atoms with van der Waals surface area (Å²) in [7, 11) is 0. The number of piperidine rings is 1. The van der Waals surface area contributed by atoms with Crippen LogP contribution in [0, 0.1) is 5.92 Å². The van der Waals surface area contributed by atoms with Crippen molar-refractivity contribution in [3.63, 3.8) is 0 Å². The standard InChI is InChI=1S/C18H27N3/c1-2-8-17-14(5-1)7-4-12-21(17)18-15(6-3-11-19-18)13-20-16-9-10-16/h3,6,11,14,16-17,20H,1-2,4-5,7-10,12-13H2. The number of hydrogen-bond donors (Lipinski definition) is 1. The number of hydrogen-bond acceptors (Lipinski definition) is 3. The Hall–Kier alpha value is -1.09. The van der Waals surface area contributed by atoms with Gasteiger partial charge in [-0.05, 0) is 50.5 Å². The Kier molecular flexibility index (Phi) is 3.85. The fourth-order valence-corrected chi connectivity index (χ4v) is 4.26. The van der Waals surface area contributed by atoms with Gasteiger partial charge in [0.1, 0.15) is 5.82 Å². The van der Waals surface area contributed by atoms with Crippen molar-refractivity contribution in [2.45, 2.75) is 70.0 Å². The van der Waals surface area contributed by atoms with Crippen molar-refractivity contribution in [3.05, 3.63) is 23.9 Å². The van der Waals surface area contributed by atoms with E-state index in [0.717, 1.165) is 24.5 Å². The maximum absolute atomic E-state index is 4.78. The second kappa shape index (κ2) is 5.96. The van der Waals surface area contributed by atoms with Crippen molar-refractivity contribution >= 4 is 5.82 Å². The number of rotatable bonds is 4. The average molecular weight is 285 g/mol. The first kappa shape index (κ1) is 13.6. The zero-order valence-corrected chi connectivity index (χ0v) is 12.9. The molecule has 2 saturated carbocycles. The molecular weight excluding hydrogens is 258 g/mol. The van der Waals surface area contributed by atoms with Gasteiger partial charge in [-0.1, -0.05) is 18.9 Å². The van der Waals surface area contributed by atoms with E-state index in [1.807, 2.05) is 6.20 Å². The first-order valence-corrected chi connectivity index (χ1v) is 8.86. The highest BCUT2D eigenvalue weighted by Gasteiger charge is 2.34. The van der Waals surface area contributed by atoms with E-state index in [0.29, 0.717) is 0 Å². The van der Waals surface area contributed by atoms with Crippen LogP contribution in [0.15, 0.2) is 18.3 Å². The fourth-order valence-electron chi connectivity index (χ4n) is 4.26. The molecule has 0 aromatic carbocycles. The molecule has 2 heterocycles. The van der Waals surface area contributed by atoms with E-state index in [1.54, 1.807) is 0 Å². The molecule has 0 amide bonds. The minimum absolute atomic E-state index is 0.752. The molecular formula is C18H27N3. The smallest absolute Gasteiger partial charge is 0.133 e. The number of aromatic nitrogens is 1. The van der Waals surface area contributed by atoms with Gasteiger partial charge in [0.2, 0.25) is 0 Å². The third-order valence-electron chi connectivity index (χ3n) is 5.54. The number of pyridine rings is 1. The van der Waals surface area contributed by atoms with Gasteiger partial charge >= 0.3 is 0 Å². The second-order valence-electron chi connectivity index (χ2n) is 7.09. The van der Waals surface area contributed by atoms with E-state index in [2.05, 4.69) is 22.3 Å². The zero-order valence-electron chi connectivity index (χ0n) is 12.9. The van der Waals surface area contributed by atoms with E-state index in [1.165, 1.54) is 69.3 Å². The normalized spacial score (nSPS) is 29.2. The third-order valence-corrected chi connectivity index (χ3v) is 5.54. The lowest BCUT2D eigenvalue weighted by Gasteiger charge is -2.45. The van der Waals surface area contributed by atoms with Crippen LogP contribution in [0.3, 0.4) is 0 Å². The van der Waals surface area contributed by atoms with E-state index < -0.39 is 0 Å². The van der Waals surface area contributed by atoms with Crippen molar-refractivity contribution < 1.29 is 0 Å². The number of fused-ring (bicyclic) bond motifs is 1. The highest BCUT2D eigenvalue weighted by molar-refractivity contribution is 5.48. The summed E-state index contributed by atoms with van der Waals surface area (Å²) in [5, 5.41) is 3.66. The Bertz CT molecular complexity index is 481. The molecule has 2 aliphatic carbocycles. The predicted molar refractivity (Wildman–Crippen MR) is 86.4 cm³/mol. The number of nitrogens with one attached hydrogen (secondary N) is 1. The van der Waals surface area contributed by atoms with Crippen LogP contribution in [0.1, 0.15) is 56.9 Å². The highest BCUT2D eigenvalue weighted by atomic mass is 15.2. The van der Waals surface area contributed by atoms with Crippen LogP contribution in [0.5, 0.6) is 0 Å². The van der Waals surface area contributed by atoms with Gasteiger partial charge in [-0.25, -0.2) is 4.98 Å². The van der Waals surface area contributed by atoms with Gasteiger partial charge in [0.15, 0.2) is 0 Å². The molecule has 3 fully saturated rings. The lowest BCUT2D eigenvalue weighted by molar-refractivity contribution is 0.242. The first-order valence-electron chi connectivity index (χ1n) is 8.86. The van der Waals surface area contributed by atoms with Crippen LogP contribution in [-0.4, -0.2) is 23.6 Å². The molecule has 0 bridgehead atoms. The third kappa shape index (κ3) is 2.94. The van der Waals surface area contributed by atoms with Crippen LogP contribution < -0.4 is 10.2 Å². The molecule has 3 aliphatic rings. The van der Waals surface area contributed by atoms with Crippen LogP contribution in [0.4, 0.5) is 5.82 Å². The molecule has 1 aromatic rings. The van der Waals surface area contributed by atoms with Crippen molar-refractivity contribution in [2.75, 3.05) is 11.4 Å². The average Bonchev–Trinajstić information content (AvgIpc) is 3.37. The summed E-state index contributed by atoms with van der Waals surface area (Å²) in [6.07, 6.45) is 13.1. The maximum Gasteiger partial charge on any atom is 0.133 e. The van der Waals surface area contributed by atoms with Gasteiger partial charge in [0.05, 0.1) is 0 Å². The summed E-state index contributed by atoms with van der Waals surface area (Å²) in [6, 6.07) is 5.88. The molecule has 21 heavy (non-hydrogen) atoms. The minimum atomic E-state index is 0.752. The molecule has 4 rings (SSSR count). The Morgan fingerprint density at radius 2 is 1.95 bits per heavy atom. The topological polar surface area (TPSA) is 28.2 Å². The van der Waals surface area contributed by atoms with E-state index in [9.17, 15) is 0 Å². The van der Waals surface area contributed by atoms with Crippen molar-refractivity contribution in [1.29, 1.82) is 0 Å². The van der Waals surface area contributed by atoms with Gasteiger partial charge in [-0.3, -0.25) is 0 Å². The lowest BCUT2D eigenvalue weighted by atomic mass is 9.78. The van der Waals surface area contributed by atoms with E-state index in [4.69, 9.17) is 4.98 Å². The van der Waals surface area contributed by atoms with Crippen LogP contribution in [-0.2, 0) is 6.54 Å². The largest absolute Gasteiger partial charge is 0.353 e. The van der Waals surface area contributed by atoms with E-state index in [-0.39, 0.29) is 0 Å². The second-order valence-corrected chi connectivity index (χ2v) is 7.09. The summed E-state index contributed by atoms with van der Waals surface area (Å²) in [4.78, 5) is 7.43. The molecule has 1 aromatic heterocycles. The summed E-state index contributed by atoms with van der Waals surface area (Å²) in [5.74, 6) is 2.18. The number of anilines is 1. The Morgan fingerprint density at radius 1 is 1.10 bits per heavy atom. The van der Waals surface area contributed by atoms with Crippen LogP contribution in [0.25, 0.3) is 0 Å². The molecule has 2 atom stereocenters. The molecule has 114 valence electrons. The lowest BCUT2D eigenvalue weighted by Crippen LogP contribution is -2.47. The molecule has 0 spiro atoms. The van der Waals surface area contributed by atoms with Gasteiger partial charge in [0.25, 0.3) is 0 Å². The van der Waals surface area contributed by atoms with Gasteiger partial charge in [-0.2, -0.15) is 0 Å². The Balaban J connectivity index is 1.55. The zero-order chi connectivity index (χ0) is 14.1. The molecule has 3 heteroatoms. The van der Waals surface area contributed by atoms with Crippen LogP contribution >= 0.6 is 0 Å². The maximum atomic E-state index is 4.78. The summed E-state index contributed by atoms with van der Waals surface area (Å²) in [5.41, 5.74) is 1.40. The Labute approximate surface area is 128 Å². The molecule has 1 aliphatic heterocycles. The van der Waals surface area contributed by atoms with E-state index >= 15 is 0 Å². The van der Waals surface area contributed by atoms with Gasteiger partial charge in [-0.15, -0.1) is 0 Å². The molecule has 2 unspecified atom stereocenters.